The number of alkyl halides is 3. The van der Waals surface area contributed by atoms with Crippen LogP contribution in [-0.4, -0.2) is 25.5 Å². The van der Waals surface area contributed by atoms with Crippen LogP contribution in [0.25, 0.3) is 0 Å². The van der Waals surface area contributed by atoms with E-state index in [-0.39, 0.29) is 11.8 Å². The van der Waals surface area contributed by atoms with Crippen molar-refractivity contribution in [3.05, 3.63) is 24.3 Å². The Morgan fingerprint density at radius 1 is 1.24 bits per heavy atom. The summed E-state index contributed by atoms with van der Waals surface area (Å²) in [6.45, 7) is 0.845. The average Bonchev–Trinajstić information content (AvgIpc) is 2.63. The Morgan fingerprint density at radius 2 is 1.88 bits per heavy atom. The van der Waals surface area contributed by atoms with Crippen LogP contribution in [0.5, 0.6) is 5.75 Å². The molecule has 4 nitrogen and oxygen atoms in total. The molecule has 2 rings (SSSR count). The van der Waals surface area contributed by atoms with Gasteiger partial charge >= 0.3 is 12.4 Å². The fourth-order valence-electron chi connectivity index (χ4n) is 1.49. The van der Waals surface area contributed by atoms with E-state index in [0.29, 0.717) is 18.8 Å². The van der Waals surface area contributed by atoms with Gasteiger partial charge in [0, 0.05) is 12.2 Å². The normalized spacial score (nSPS) is 15.9. The quantitative estimate of drug-likeness (QED) is 0.801. The fraction of sp³-hybridized carbons (Fsp3) is 0.300. The highest BCUT2D eigenvalue weighted by Gasteiger charge is 2.31. The zero-order valence-electron chi connectivity index (χ0n) is 8.57. The molecule has 0 spiro atoms. The fourth-order valence-corrected chi connectivity index (χ4v) is 1.49. The number of nitrogens with zero attached hydrogens (tertiary/aromatic N) is 2. The second-order valence-corrected chi connectivity index (χ2v) is 3.36. The number of ether oxygens (including phenoxy) is 1. The van der Waals surface area contributed by atoms with Crippen molar-refractivity contribution >= 4 is 11.7 Å². The molecule has 17 heavy (non-hydrogen) atoms. The molecule has 1 heterocycles. The van der Waals surface area contributed by atoms with E-state index in [4.69, 9.17) is 0 Å². The minimum atomic E-state index is -4.71. The van der Waals surface area contributed by atoms with Gasteiger partial charge < -0.3 is 4.74 Å². The molecule has 1 aliphatic heterocycles. The molecule has 1 aromatic carbocycles. The minimum absolute atomic E-state index is 0.315. The minimum Gasteiger partial charge on any atom is -0.406 e. The van der Waals surface area contributed by atoms with Crippen LogP contribution in [0.2, 0.25) is 0 Å². The average molecular weight is 245 g/mol. The maximum Gasteiger partial charge on any atom is 0.573 e. The van der Waals surface area contributed by atoms with E-state index in [1.165, 1.54) is 17.0 Å². The lowest BCUT2D eigenvalue weighted by Gasteiger charge is -2.14. The first-order chi connectivity index (χ1) is 7.96. The Labute approximate surface area is 95.0 Å². The van der Waals surface area contributed by atoms with Crippen molar-refractivity contribution in [2.24, 2.45) is 0 Å². The van der Waals surface area contributed by atoms with Crippen LogP contribution in [-0.2, 0) is 0 Å². The van der Waals surface area contributed by atoms with Gasteiger partial charge in [-0.15, -0.1) is 13.2 Å². The Hall–Kier alpha value is -1.92. The van der Waals surface area contributed by atoms with Gasteiger partial charge in [0.15, 0.2) is 0 Å². The van der Waals surface area contributed by atoms with E-state index >= 15 is 0 Å². The van der Waals surface area contributed by atoms with Crippen molar-refractivity contribution < 1.29 is 22.7 Å². The van der Waals surface area contributed by atoms with Gasteiger partial charge in [0.05, 0.1) is 6.54 Å². The van der Waals surface area contributed by atoms with Gasteiger partial charge in [0.1, 0.15) is 5.75 Å². The second kappa shape index (κ2) is 4.15. The SMILES string of the molecule is O=C1[N]CCN1c1ccc(OC(F)(F)F)cc1. The lowest BCUT2D eigenvalue weighted by molar-refractivity contribution is -0.274. The van der Waals surface area contributed by atoms with Crippen molar-refractivity contribution in [2.75, 3.05) is 18.0 Å². The Bertz CT molecular complexity index is 417. The van der Waals surface area contributed by atoms with Crippen molar-refractivity contribution in [3.63, 3.8) is 0 Å². The molecule has 91 valence electrons. The first-order valence-electron chi connectivity index (χ1n) is 4.80. The summed E-state index contributed by atoms with van der Waals surface area (Å²) in [5.74, 6) is -0.315. The summed E-state index contributed by atoms with van der Waals surface area (Å²) in [5, 5.41) is 3.65. The number of benzene rings is 1. The third-order valence-electron chi connectivity index (χ3n) is 2.18. The van der Waals surface area contributed by atoms with Gasteiger partial charge in [-0.05, 0) is 24.3 Å². The van der Waals surface area contributed by atoms with Crippen LogP contribution in [0.15, 0.2) is 24.3 Å². The largest absolute Gasteiger partial charge is 0.573 e. The smallest absolute Gasteiger partial charge is 0.406 e. The van der Waals surface area contributed by atoms with Crippen molar-refractivity contribution in [2.45, 2.75) is 6.36 Å². The summed E-state index contributed by atoms with van der Waals surface area (Å²) < 4.78 is 39.4. The van der Waals surface area contributed by atoms with Crippen LogP contribution in [0.3, 0.4) is 0 Å². The Balaban J connectivity index is 2.10. The molecule has 0 saturated carbocycles. The molecule has 1 saturated heterocycles. The number of halogens is 3. The van der Waals surface area contributed by atoms with Crippen LogP contribution < -0.4 is 15.0 Å². The van der Waals surface area contributed by atoms with Crippen LogP contribution in [0.1, 0.15) is 0 Å². The summed E-state index contributed by atoms with van der Waals surface area (Å²) in [6, 6.07) is 4.72. The van der Waals surface area contributed by atoms with Crippen molar-refractivity contribution in [1.82, 2.24) is 5.32 Å². The van der Waals surface area contributed by atoms with E-state index in [0.717, 1.165) is 12.1 Å². The Kier molecular flexibility index (Phi) is 2.83. The number of amides is 2. The number of urea groups is 1. The number of rotatable bonds is 2. The molecular weight excluding hydrogens is 237 g/mol. The van der Waals surface area contributed by atoms with Crippen LogP contribution >= 0.6 is 0 Å². The van der Waals surface area contributed by atoms with Crippen molar-refractivity contribution in [3.8, 4) is 5.75 Å². The molecule has 0 unspecified atom stereocenters. The van der Waals surface area contributed by atoms with E-state index in [2.05, 4.69) is 10.1 Å². The number of carbonyl (C=O) groups is 1. The molecule has 7 heteroatoms. The molecular formula is C10H8F3N2O2. The zero-order valence-corrected chi connectivity index (χ0v) is 8.57. The zero-order chi connectivity index (χ0) is 12.5. The topological polar surface area (TPSA) is 43.6 Å². The molecule has 0 aliphatic carbocycles. The van der Waals surface area contributed by atoms with Gasteiger partial charge in [-0.3, -0.25) is 4.90 Å². The number of hydrogen-bond donors (Lipinski definition) is 0. The molecule has 1 aliphatic rings. The third kappa shape index (κ3) is 2.80. The molecule has 1 fully saturated rings. The summed E-state index contributed by atoms with van der Waals surface area (Å²) in [6.07, 6.45) is -4.71. The number of carbonyl (C=O) groups excluding carboxylic acids is 1. The number of anilines is 1. The van der Waals surface area contributed by atoms with Gasteiger partial charge in [-0.1, -0.05) is 0 Å². The van der Waals surface area contributed by atoms with E-state index < -0.39 is 6.36 Å². The highest BCUT2D eigenvalue weighted by molar-refractivity contribution is 5.93. The van der Waals surface area contributed by atoms with E-state index in [9.17, 15) is 18.0 Å². The molecule has 1 aromatic rings. The lowest BCUT2D eigenvalue weighted by Crippen LogP contribution is -2.25. The number of hydrogen-bond acceptors (Lipinski definition) is 2. The van der Waals surface area contributed by atoms with Crippen LogP contribution in [0, 0.1) is 0 Å². The highest BCUT2D eigenvalue weighted by atomic mass is 19.4. The summed E-state index contributed by atoms with van der Waals surface area (Å²) in [5.41, 5.74) is 0.505. The molecule has 0 bridgehead atoms. The summed E-state index contributed by atoms with van der Waals surface area (Å²) in [7, 11) is 0. The monoisotopic (exact) mass is 245 g/mol. The molecule has 0 atom stereocenters. The van der Waals surface area contributed by atoms with E-state index in [1.807, 2.05) is 0 Å². The molecule has 2 amide bonds. The molecule has 0 aromatic heterocycles. The highest BCUT2D eigenvalue weighted by Crippen LogP contribution is 2.25. The summed E-state index contributed by atoms with van der Waals surface area (Å²) >= 11 is 0. The maximum absolute atomic E-state index is 11.9. The van der Waals surface area contributed by atoms with Gasteiger partial charge in [0.25, 0.3) is 0 Å². The second-order valence-electron chi connectivity index (χ2n) is 3.36. The molecule has 1 radical (unpaired) electrons. The predicted molar refractivity (Wildman–Crippen MR) is 52.9 cm³/mol. The first kappa shape index (κ1) is 11.6. The van der Waals surface area contributed by atoms with Crippen LogP contribution in [0.4, 0.5) is 23.7 Å². The van der Waals surface area contributed by atoms with Crippen molar-refractivity contribution in [1.29, 1.82) is 0 Å². The predicted octanol–water partition coefficient (Wildman–Crippen LogP) is 2.13. The summed E-state index contributed by atoms with van der Waals surface area (Å²) in [4.78, 5) is 12.6. The van der Waals surface area contributed by atoms with E-state index in [1.54, 1.807) is 0 Å². The van der Waals surface area contributed by atoms with Gasteiger partial charge in [-0.25, -0.2) is 10.1 Å². The Morgan fingerprint density at radius 3 is 2.35 bits per heavy atom. The third-order valence-corrected chi connectivity index (χ3v) is 2.18. The first-order valence-corrected chi connectivity index (χ1v) is 4.80. The van der Waals surface area contributed by atoms with Gasteiger partial charge in [0.2, 0.25) is 0 Å². The standard InChI is InChI=1S/C10H8F3N2O2/c11-10(12,13)17-8-3-1-7(2-4-8)15-6-5-14-9(15)16/h1-4H,5-6H2. The van der Waals surface area contributed by atoms with Gasteiger partial charge in [-0.2, -0.15) is 0 Å². The molecule has 0 N–H and O–H groups in total. The maximum atomic E-state index is 11.9. The lowest BCUT2D eigenvalue weighted by atomic mass is 10.3.